The number of methoxy groups -OCH3 is 1. The number of halogens is 1. The number of thiophene rings is 1. The van der Waals surface area contributed by atoms with Crippen LogP contribution in [0.1, 0.15) is 25.3 Å². The molecule has 0 saturated carbocycles. The van der Waals surface area contributed by atoms with Crippen LogP contribution in [-0.2, 0) is 0 Å². The number of anilines is 1. The van der Waals surface area contributed by atoms with Gasteiger partial charge in [-0.05, 0) is 47.4 Å². The smallest absolute Gasteiger partial charge is 0.195 e. The topological polar surface area (TPSA) is 54.9 Å². The Morgan fingerprint density at radius 2 is 2.08 bits per heavy atom. The Balaban J connectivity index is 0.00000312. The average Bonchev–Trinajstić information content (AvgIpc) is 3.14. The number of hydrogen-bond donors (Lipinski definition) is 2. The Labute approximate surface area is 170 Å². The van der Waals surface area contributed by atoms with Crippen LogP contribution in [0.5, 0.6) is 11.5 Å². The average molecular weight is 475 g/mol. The molecule has 2 N–H and O–H groups in total. The lowest BCUT2D eigenvalue weighted by atomic mass is 10.1. The van der Waals surface area contributed by atoms with Crippen molar-refractivity contribution in [2.45, 2.75) is 19.8 Å². The molecule has 0 radical (unpaired) electrons. The number of nitrogens with zero attached hydrogens (tertiary/aromatic N) is 1. The molecule has 2 aromatic rings. The zero-order chi connectivity index (χ0) is 17.4. The second-order valence-electron chi connectivity index (χ2n) is 5.33. The maximum absolute atomic E-state index is 5.54. The van der Waals surface area contributed by atoms with Gasteiger partial charge in [-0.2, -0.15) is 11.3 Å². The molecule has 1 atom stereocenters. The van der Waals surface area contributed by atoms with Crippen molar-refractivity contribution in [2.24, 2.45) is 4.99 Å². The maximum atomic E-state index is 5.54. The maximum Gasteiger partial charge on any atom is 0.195 e. The fourth-order valence-corrected chi connectivity index (χ4v) is 3.04. The third-order valence-corrected chi connectivity index (χ3v) is 4.34. The molecule has 25 heavy (non-hydrogen) atoms. The highest BCUT2D eigenvalue weighted by Crippen LogP contribution is 2.30. The summed E-state index contributed by atoms with van der Waals surface area (Å²) in [7, 11) is 3.40. The third kappa shape index (κ3) is 6.39. The van der Waals surface area contributed by atoms with Crippen LogP contribution in [0, 0.1) is 0 Å². The first-order chi connectivity index (χ1) is 11.7. The van der Waals surface area contributed by atoms with Gasteiger partial charge in [0, 0.05) is 25.3 Å². The van der Waals surface area contributed by atoms with Crippen LogP contribution >= 0.6 is 35.3 Å². The summed E-state index contributed by atoms with van der Waals surface area (Å²) in [6, 6.07) is 7.90. The second-order valence-corrected chi connectivity index (χ2v) is 6.11. The first-order valence-electron chi connectivity index (χ1n) is 7.98. The number of guanidine groups is 1. The molecule has 5 nitrogen and oxygen atoms in total. The summed E-state index contributed by atoms with van der Waals surface area (Å²) >= 11 is 1.72. The van der Waals surface area contributed by atoms with Crippen molar-refractivity contribution in [1.29, 1.82) is 0 Å². The number of hydrogen-bond acceptors (Lipinski definition) is 4. The van der Waals surface area contributed by atoms with Gasteiger partial charge in [-0.25, -0.2) is 0 Å². The fraction of sp³-hybridized carbons (Fsp3) is 0.389. The minimum Gasteiger partial charge on any atom is -0.493 e. The third-order valence-electron chi connectivity index (χ3n) is 3.64. The number of benzene rings is 1. The lowest BCUT2D eigenvalue weighted by Gasteiger charge is -2.16. The molecular weight excluding hydrogens is 449 g/mol. The van der Waals surface area contributed by atoms with Crippen molar-refractivity contribution in [2.75, 3.05) is 32.6 Å². The summed E-state index contributed by atoms with van der Waals surface area (Å²) in [6.45, 7) is 5.56. The molecule has 1 heterocycles. The predicted octanol–water partition coefficient (Wildman–Crippen LogP) is 4.56. The highest BCUT2D eigenvalue weighted by molar-refractivity contribution is 14.0. The van der Waals surface area contributed by atoms with E-state index in [0.29, 0.717) is 18.3 Å². The summed E-state index contributed by atoms with van der Waals surface area (Å²) in [5.41, 5.74) is 2.23. The fourth-order valence-electron chi connectivity index (χ4n) is 2.26. The molecule has 1 unspecified atom stereocenters. The first-order valence-corrected chi connectivity index (χ1v) is 8.92. The van der Waals surface area contributed by atoms with E-state index in [2.05, 4.69) is 39.4 Å². The molecule has 2 rings (SSSR count). The van der Waals surface area contributed by atoms with Crippen LogP contribution < -0.4 is 20.1 Å². The second kappa shape index (κ2) is 11.2. The summed E-state index contributed by atoms with van der Waals surface area (Å²) in [5.74, 6) is 2.58. The summed E-state index contributed by atoms with van der Waals surface area (Å²) < 4.78 is 10.9. The van der Waals surface area contributed by atoms with E-state index >= 15 is 0 Å². The van der Waals surface area contributed by atoms with E-state index in [4.69, 9.17) is 9.47 Å². The first kappa shape index (κ1) is 21.6. The minimum absolute atomic E-state index is 0. The molecular formula is C18H26IN3O2S. The van der Waals surface area contributed by atoms with E-state index in [1.165, 1.54) is 5.56 Å². The largest absolute Gasteiger partial charge is 0.493 e. The van der Waals surface area contributed by atoms with Crippen LogP contribution in [0.2, 0.25) is 0 Å². The monoisotopic (exact) mass is 475 g/mol. The van der Waals surface area contributed by atoms with E-state index in [-0.39, 0.29) is 24.0 Å². The molecule has 0 saturated heterocycles. The molecule has 138 valence electrons. The minimum atomic E-state index is 0. The molecule has 0 aliphatic carbocycles. The lowest BCUT2D eigenvalue weighted by molar-refractivity contribution is 0.311. The van der Waals surface area contributed by atoms with Crippen LogP contribution in [0.25, 0.3) is 0 Å². The highest BCUT2D eigenvalue weighted by atomic mass is 127. The van der Waals surface area contributed by atoms with Crippen molar-refractivity contribution in [3.63, 3.8) is 0 Å². The molecule has 0 aliphatic heterocycles. The van der Waals surface area contributed by atoms with Crippen LogP contribution in [-0.4, -0.2) is 33.3 Å². The molecule has 0 aliphatic rings. The zero-order valence-corrected chi connectivity index (χ0v) is 18.2. The van der Waals surface area contributed by atoms with E-state index < -0.39 is 0 Å². The number of aliphatic imine (C=N–C) groups is 1. The van der Waals surface area contributed by atoms with E-state index in [9.17, 15) is 0 Å². The normalized spacial score (nSPS) is 12.1. The van der Waals surface area contributed by atoms with Crippen molar-refractivity contribution in [3.05, 3.63) is 40.6 Å². The van der Waals surface area contributed by atoms with Gasteiger partial charge in [-0.1, -0.05) is 6.92 Å². The molecule has 7 heteroatoms. The Hall–Kier alpha value is -1.48. The van der Waals surface area contributed by atoms with Crippen molar-refractivity contribution in [3.8, 4) is 11.5 Å². The molecule has 1 aromatic heterocycles. The Bertz CT molecular complexity index is 662. The molecule has 0 amide bonds. The van der Waals surface area contributed by atoms with Crippen LogP contribution in [0.3, 0.4) is 0 Å². The lowest BCUT2D eigenvalue weighted by Crippen LogP contribution is -2.33. The number of ether oxygens (including phenoxy) is 2. The van der Waals surface area contributed by atoms with Gasteiger partial charge in [-0.15, -0.1) is 24.0 Å². The van der Waals surface area contributed by atoms with Gasteiger partial charge in [0.15, 0.2) is 17.5 Å². The standard InChI is InChI=1S/C18H25N3O2S.HI/c1-5-23-16-7-6-15(10-17(16)22-4)21-18(19-3)20-11-13(2)14-8-9-24-12-14;/h6-10,12-13H,5,11H2,1-4H3,(H2,19,20,21);1H. The number of nitrogens with one attached hydrogen (secondary N) is 2. The van der Waals surface area contributed by atoms with E-state index in [1.54, 1.807) is 25.5 Å². The van der Waals surface area contributed by atoms with Gasteiger partial charge in [0.1, 0.15) is 0 Å². The highest BCUT2D eigenvalue weighted by Gasteiger charge is 2.09. The Morgan fingerprint density at radius 1 is 1.28 bits per heavy atom. The van der Waals surface area contributed by atoms with Crippen LogP contribution in [0.15, 0.2) is 40.0 Å². The molecule has 1 aromatic carbocycles. The molecule has 0 spiro atoms. The van der Waals surface area contributed by atoms with Crippen molar-refractivity contribution < 1.29 is 9.47 Å². The molecule has 0 bridgehead atoms. The van der Waals surface area contributed by atoms with Crippen molar-refractivity contribution in [1.82, 2.24) is 5.32 Å². The number of rotatable bonds is 7. The molecule has 0 fully saturated rings. The Morgan fingerprint density at radius 3 is 2.68 bits per heavy atom. The van der Waals surface area contributed by atoms with E-state index in [0.717, 1.165) is 23.9 Å². The van der Waals surface area contributed by atoms with E-state index in [1.807, 2.05) is 25.1 Å². The predicted molar refractivity (Wildman–Crippen MR) is 117 cm³/mol. The van der Waals surface area contributed by atoms with Gasteiger partial charge >= 0.3 is 0 Å². The van der Waals surface area contributed by atoms with Gasteiger partial charge in [-0.3, -0.25) is 4.99 Å². The van der Waals surface area contributed by atoms with Gasteiger partial charge in [0.05, 0.1) is 13.7 Å². The van der Waals surface area contributed by atoms with Gasteiger partial charge in [0.2, 0.25) is 0 Å². The Kier molecular flexibility index (Phi) is 9.66. The zero-order valence-electron chi connectivity index (χ0n) is 15.0. The van der Waals surface area contributed by atoms with Gasteiger partial charge in [0.25, 0.3) is 0 Å². The summed E-state index contributed by atoms with van der Waals surface area (Å²) in [6.07, 6.45) is 0. The van der Waals surface area contributed by atoms with Crippen molar-refractivity contribution >= 4 is 47.0 Å². The quantitative estimate of drug-likeness (QED) is 0.350. The summed E-state index contributed by atoms with van der Waals surface area (Å²) in [5, 5.41) is 10.9. The van der Waals surface area contributed by atoms with Gasteiger partial charge < -0.3 is 20.1 Å². The van der Waals surface area contributed by atoms with Crippen LogP contribution in [0.4, 0.5) is 5.69 Å². The summed E-state index contributed by atoms with van der Waals surface area (Å²) in [4.78, 5) is 4.28. The SMILES string of the molecule is CCOc1ccc(NC(=NC)NCC(C)c2ccsc2)cc1OC.I.